The van der Waals surface area contributed by atoms with E-state index in [0.29, 0.717) is 12.8 Å². The van der Waals surface area contributed by atoms with Gasteiger partial charge in [0, 0.05) is 65.2 Å². The first-order valence-corrected chi connectivity index (χ1v) is 11.7. The Kier molecular flexibility index (Phi) is 12.1. The van der Waals surface area contributed by atoms with E-state index in [1.165, 1.54) is 9.80 Å². The van der Waals surface area contributed by atoms with Crippen molar-refractivity contribution in [1.82, 2.24) is 19.6 Å². The molecule has 3 N–H and O–H groups in total. The van der Waals surface area contributed by atoms with Crippen molar-refractivity contribution in [2.75, 3.05) is 52.4 Å². The van der Waals surface area contributed by atoms with Crippen LogP contribution in [0.3, 0.4) is 0 Å². The average molecular weight is 503 g/mol. The van der Waals surface area contributed by atoms with Gasteiger partial charge in [0.2, 0.25) is 5.91 Å². The van der Waals surface area contributed by atoms with Crippen LogP contribution < -0.4 is 0 Å². The molecule has 0 spiro atoms. The number of carboxylic acids is 1. The van der Waals surface area contributed by atoms with E-state index in [9.17, 15) is 34.2 Å². The highest BCUT2D eigenvalue weighted by Crippen LogP contribution is 2.12. The van der Waals surface area contributed by atoms with Crippen molar-refractivity contribution < 1.29 is 44.0 Å². The summed E-state index contributed by atoms with van der Waals surface area (Å²) in [6.07, 6.45) is -2.29. The molecule has 0 radical (unpaired) electrons. The molecule has 1 aliphatic rings. The van der Waals surface area contributed by atoms with Crippen molar-refractivity contribution in [3.05, 3.63) is 0 Å². The fourth-order valence-corrected chi connectivity index (χ4v) is 3.52. The topological polar surface area (TPSA) is 168 Å². The quantitative estimate of drug-likeness (QED) is 0.521. The maximum atomic E-state index is 12.8. The zero-order valence-corrected chi connectivity index (χ0v) is 20.8. The molecule has 0 bridgehead atoms. The van der Waals surface area contributed by atoms with Crippen LogP contribution in [0.5, 0.6) is 0 Å². The Morgan fingerprint density at radius 1 is 0.657 bits per heavy atom. The van der Waals surface area contributed by atoms with Gasteiger partial charge in [0.25, 0.3) is 0 Å². The van der Waals surface area contributed by atoms with Gasteiger partial charge in [0.05, 0.1) is 0 Å². The lowest BCUT2D eigenvalue weighted by Gasteiger charge is -2.32. The number of ether oxygens (including phenoxy) is 1. The monoisotopic (exact) mass is 502 g/mol. The third kappa shape index (κ3) is 12.1. The molecule has 1 rings (SSSR count). The van der Waals surface area contributed by atoms with Crippen LogP contribution >= 0.6 is 0 Å². The Hall–Kier alpha value is -3.25. The molecule has 0 aromatic carbocycles. The summed E-state index contributed by atoms with van der Waals surface area (Å²) in [5, 5.41) is 27.8. The third-order valence-corrected chi connectivity index (χ3v) is 5.32. The Labute approximate surface area is 205 Å². The molecule has 0 atom stereocenters. The van der Waals surface area contributed by atoms with Gasteiger partial charge in [-0.25, -0.2) is 14.4 Å². The standard InChI is InChI=1S/C22H38N4O9/c1-22(2,3)35-21(34)26-12-6-11-25(20(32)33)15-14-24(19(30)31)10-5-9-23(13-16-26)17(27)7-4-8-18(28)29/h4-16H2,1-3H3,(H,28,29)(H,30,31)(H,32,33). The highest BCUT2D eigenvalue weighted by atomic mass is 16.6. The number of nitrogens with zero attached hydrogens (tertiary/aromatic N) is 4. The molecule has 0 saturated carbocycles. The highest BCUT2D eigenvalue weighted by Gasteiger charge is 2.25. The average Bonchev–Trinajstić information content (AvgIpc) is 2.72. The first kappa shape index (κ1) is 29.8. The van der Waals surface area contributed by atoms with Gasteiger partial charge in [-0.3, -0.25) is 9.59 Å². The maximum Gasteiger partial charge on any atom is 0.410 e. The Morgan fingerprint density at radius 2 is 1.09 bits per heavy atom. The molecule has 35 heavy (non-hydrogen) atoms. The predicted octanol–water partition coefficient (Wildman–Crippen LogP) is 2.06. The van der Waals surface area contributed by atoms with Crippen LogP contribution in [0, 0.1) is 0 Å². The third-order valence-electron chi connectivity index (χ3n) is 5.32. The Morgan fingerprint density at radius 3 is 1.54 bits per heavy atom. The molecule has 1 fully saturated rings. The van der Waals surface area contributed by atoms with E-state index in [2.05, 4.69) is 0 Å². The van der Waals surface area contributed by atoms with Crippen LogP contribution in [-0.4, -0.2) is 123 Å². The molecule has 200 valence electrons. The van der Waals surface area contributed by atoms with Gasteiger partial charge < -0.3 is 39.7 Å². The molecule has 0 aromatic rings. The summed E-state index contributed by atoms with van der Waals surface area (Å²) in [6, 6.07) is 0. The minimum atomic E-state index is -1.18. The number of amides is 4. The van der Waals surface area contributed by atoms with Crippen molar-refractivity contribution in [2.24, 2.45) is 0 Å². The molecule has 0 aliphatic carbocycles. The van der Waals surface area contributed by atoms with E-state index < -0.39 is 29.9 Å². The zero-order valence-electron chi connectivity index (χ0n) is 20.8. The number of hydrogen-bond donors (Lipinski definition) is 3. The number of aliphatic carboxylic acids is 1. The molecule has 13 heteroatoms. The van der Waals surface area contributed by atoms with E-state index in [1.54, 1.807) is 20.8 Å². The fourth-order valence-electron chi connectivity index (χ4n) is 3.52. The van der Waals surface area contributed by atoms with Crippen molar-refractivity contribution in [3.8, 4) is 0 Å². The molecule has 1 aliphatic heterocycles. The van der Waals surface area contributed by atoms with Crippen molar-refractivity contribution in [2.45, 2.75) is 58.5 Å². The molecule has 1 saturated heterocycles. The predicted molar refractivity (Wildman–Crippen MR) is 124 cm³/mol. The number of rotatable bonds is 4. The van der Waals surface area contributed by atoms with E-state index in [1.807, 2.05) is 0 Å². The van der Waals surface area contributed by atoms with Gasteiger partial charge in [-0.15, -0.1) is 0 Å². The number of carbonyl (C=O) groups excluding carboxylic acids is 2. The maximum absolute atomic E-state index is 12.8. The summed E-state index contributed by atoms with van der Waals surface area (Å²) in [4.78, 5) is 64.6. The van der Waals surface area contributed by atoms with Crippen LogP contribution in [-0.2, 0) is 14.3 Å². The smallest absolute Gasteiger partial charge is 0.410 e. The minimum Gasteiger partial charge on any atom is -0.481 e. The van der Waals surface area contributed by atoms with Gasteiger partial charge in [-0.2, -0.15) is 0 Å². The Balaban J connectivity index is 3.04. The van der Waals surface area contributed by atoms with Crippen LogP contribution in [0.25, 0.3) is 0 Å². The highest BCUT2D eigenvalue weighted by molar-refractivity contribution is 5.77. The van der Waals surface area contributed by atoms with Gasteiger partial charge in [0.15, 0.2) is 0 Å². The summed E-state index contributed by atoms with van der Waals surface area (Å²) in [5.74, 6) is -1.27. The second kappa shape index (κ2) is 14.2. The first-order valence-electron chi connectivity index (χ1n) is 11.7. The molecule has 0 aromatic heterocycles. The summed E-state index contributed by atoms with van der Waals surface area (Å²) >= 11 is 0. The lowest BCUT2D eigenvalue weighted by atomic mass is 10.2. The first-order chi connectivity index (χ1) is 16.3. The van der Waals surface area contributed by atoms with Crippen molar-refractivity contribution in [1.29, 1.82) is 0 Å². The molecule has 13 nitrogen and oxygen atoms in total. The largest absolute Gasteiger partial charge is 0.481 e. The number of carboxylic acid groups (broad SMARTS) is 3. The summed E-state index contributed by atoms with van der Waals surface area (Å²) in [6.45, 7) is 6.02. The SMILES string of the molecule is CC(C)(C)OC(=O)N1CCCN(C(=O)O)CCN(C(=O)O)CCCN(C(=O)CCCC(=O)O)CC1. The second-order valence-corrected chi connectivity index (χ2v) is 9.34. The zero-order chi connectivity index (χ0) is 26.6. The van der Waals surface area contributed by atoms with Crippen molar-refractivity contribution in [3.63, 3.8) is 0 Å². The number of carbonyl (C=O) groups is 5. The lowest BCUT2D eigenvalue weighted by Crippen LogP contribution is -2.46. The van der Waals surface area contributed by atoms with Crippen LogP contribution in [0.15, 0.2) is 0 Å². The van der Waals surface area contributed by atoms with Crippen LogP contribution in [0.2, 0.25) is 0 Å². The van der Waals surface area contributed by atoms with E-state index in [0.717, 1.165) is 9.80 Å². The van der Waals surface area contributed by atoms with E-state index in [-0.39, 0.29) is 77.5 Å². The van der Waals surface area contributed by atoms with Gasteiger partial charge in [0.1, 0.15) is 5.60 Å². The molecule has 0 unspecified atom stereocenters. The summed E-state index contributed by atoms with van der Waals surface area (Å²) in [7, 11) is 0. The fraction of sp³-hybridized carbons (Fsp3) is 0.773. The van der Waals surface area contributed by atoms with Crippen molar-refractivity contribution >= 4 is 30.2 Å². The molecule has 4 amide bonds. The Bertz CT molecular complexity index is 754. The van der Waals surface area contributed by atoms with Crippen LogP contribution in [0.1, 0.15) is 52.9 Å². The summed E-state index contributed by atoms with van der Waals surface area (Å²) in [5.41, 5.74) is -0.740. The normalized spacial score (nSPS) is 16.9. The molecular weight excluding hydrogens is 464 g/mol. The summed E-state index contributed by atoms with van der Waals surface area (Å²) < 4.78 is 5.46. The molecular formula is C22H38N4O9. The van der Waals surface area contributed by atoms with Gasteiger partial charge >= 0.3 is 24.2 Å². The second-order valence-electron chi connectivity index (χ2n) is 9.34. The van der Waals surface area contributed by atoms with Crippen LogP contribution in [0.4, 0.5) is 14.4 Å². The van der Waals surface area contributed by atoms with Gasteiger partial charge in [-0.1, -0.05) is 0 Å². The lowest BCUT2D eigenvalue weighted by molar-refractivity contribution is -0.137. The van der Waals surface area contributed by atoms with E-state index >= 15 is 0 Å². The van der Waals surface area contributed by atoms with Gasteiger partial charge in [-0.05, 0) is 40.0 Å². The van der Waals surface area contributed by atoms with E-state index in [4.69, 9.17) is 9.84 Å². The molecule has 1 heterocycles. The minimum absolute atomic E-state index is 0.0219. The number of hydrogen-bond acceptors (Lipinski definition) is 6.